The molecule has 0 radical (unpaired) electrons. The Hall–Kier alpha value is -0.570. The molecule has 1 rings (SSSR count). The van der Waals surface area contributed by atoms with Gasteiger partial charge in [0, 0.05) is 18.0 Å². The molecule has 1 fully saturated rings. The van der Waals surface area contributed by atoms with E-state index in [2.05, 4.69) is 26.1 Å². The average Bonchev–Trinajstić information content (AvgIpc) is 2.44. The number of nitrogens with two attached hydrogens (primary N) is 1. The molecule has 0 aliphatic heterocycles. The van der Waals surface area contributed by atoms with E-state index in [0.717, 1.165) is 38.5 Å². The van der Waals surface area contributed by atoms with E-state index in [9.17, 15) is 4.79 Å². The van der Waals surface area contributed by atoms with Gasteiger partial charge in [0.2, 0.25) is 5.91 Å². The Labute approximate surface area is 125 Å². The molecule has 0 aromatic rings. The molecule has 1 amide bonds. The zero-order valence-corrected chi connectivity index (χ0v) is 13.7. The molecule has 4 unspecified atom stereocenters. The highest BCUT2D eigenvalue weighted by atomic mass is 16.1. The summed E-state index contributed by atoms with van der Waals surface area (Å²) in [6, 6.07) is 0.669. The van der Waals surface area contributed by atoms with Gasteiger partial charge in [-0.2, -0.15) is 0 Å². The van der Waals surface area contributed by atoms with Crippen molar-refractivity contribution < 1.29 is 4.79 Å². The summed E-state index contributed by atoms with van der Waals surface area (Å²) in [6.07, 6.45) is 10.2. The first-order valence-electron chi connectivity index (χ1n) is 8.64. The fraction of sp³-hybridized carbons (Fsp3) is 0.941. The summed E-state index contributed by atoms with van der Waals surface area (Å²) in [5.41, 5.74) is 6.05. The first kappa shape index (κ1) is 17.5. The van der Waals surface area contributed by atoms with Crippen LogP contribution in [0.1, 0.15) is 78.6 Å². The van der Waals surface area contributed by atoms with Crippen LogP contribution in [0.25, 0.3) is 0 Å². The van der Waals surface area contributed by atoms with Gasteiger partial charge in [-0.05, 0) is 38.0 Å². The molecule has 0 bridgehead atoms. The number of carbonyl (C=O) groups excluding carboxylic acids is 1. The van der Waals surface area contributed by atoms with Gasteiger partial charge < -0.3 is 11.1 Å². The minimum Gasteiger partial charge on any atom is -0.353 e. The number of rotatable bonds is 8. The molecule has 1 saturated carbocycles. The Kier molecular flexibility index (Phi) is 8.20. The van der Waals surface area contributed by atoms with Crippen LogP contribution in [0.5, 0.6) is 0 Å². The van der Waals surface area contributed by atoms with Crippen LogP contribution in [0, 0.1) is 11.8 Å². The molecule has 0 aromatic heterocycles. The van der Waals surface area contributed by atoms with Crippen LogP contribution >= 0.6 is 0 Å². The van der Waals surface area contributed by atoms with Gasteiger partial charge >= 0.3 is 0 Å². The quantitative estimate of drug-likeness (QED) is 0.714. The first-order valence-corrected chi connectivity index (χ1v) is 8.64. The number of hydrogen-bond donors (Lipinski definition) is 2. The van der Waals surface area contributed by atoms with Crippen LogP contribution in [0.4, 0.5) is 0 Å². The molecule has 3 heteroatoms. The van der Waals surface area contributed by atoms with Crippen molar-refractivity contribution in [2.45, 2.75) is 90.6 Å². The SMILES string of the molecule is CCCCC(CCC)NC(=O)C(C)C1CCCC(N)C1. The molecular weight excluding hydrogens is 248 g/mol. The van der Waals surface area contributed by atoms with Gasteiger partial charge in [-0.15, -0.1) is 0 Å². The summed E-state index contributed by atoms with van der Waals surface area (Å²) in [5, 5.41) is 3.28. The number of unbranched alkanes of at least 4 members (excludes halogenated alkanes) is 1. The Balaban J connectivity index is 2.45. The van der Waals surface area contributed by atoms with Crippen molar-refractivity contribution in [1.82, 2.24) is 5.32 Å². The van der Waals surface area contributed by atoms with E-state index >= 15 is 0 Å². The molecule has 0 aromatic carbocycles. The van der Waals surface area contributed by atoms with Gasteiger partial charge in [0.25, 0.3) is 0 Å². The van der Waals surface area contributed by atoms with E-state index in [0.29, 0.717) is 18.0 Å². The molecule has 0 spiro atoms. The highest BCUT2D eigenvalue weighted by Gasteiger charge is 2.29. The Morgan fingerprint density at radius 1 is 1.25 bits per heavy atom. The van der Waals surface area contributed by atoms with Crippen LogP contribution in [0.3, 0.4) is 0 Å². The molecule has 118 valence electrons. The smallest absolute Gasteiger partial charge is 0.223 e. The van der Waals surface area contributed by atoms with Crippen molar-refractivity contribution >= 4 is 5.91 Å². The summed E-state index contributed by atoms with van der Waals surface area (Å²) >= 11 is 0. The van der Waals surface area contributed by atoms with Gasteiger partial charge in [0.05, 0.1) is 0 Å². The third-order valence-electron chi connectivity index (χ3n) is 4.77. The van der Waals surface area contributed by atoms with E-state index in [-0.39, 0.29) is 11.8 Å². The summed E-state index contributed by atoms with van der Waals surface area (Å²) in [5.74, 6) is 0.841. The van der Waals surface area contributed by atoms with Crippen LogP contribution in [-0.2, 0) is 4.79 Å². The standard InChI is InChI=1S/C17H34N2O/c1-4-6-11-16(8-5-2)19-17(20)13(3)14-9-7-10-15(18)12-14/h13-16H,4-12,18H2,1-3H3,(H,19,20). The lowest BCUT2D eigenvalue weighted by Gasteiger charge is -2.31. The zero-order valence-electron chi connectivity index (χ0n) is 13.7. The van der Waals surface area contributed by atoms with E-state index in [4.69, 9.17) is 5.73 Å². The van der Waals surface area contributed by atoms with Crippen LogP contribution in [0.15, 0.2) is 0 Å². The molecule has 20 heavy (non-hydrogen) atoms. The zero-order chi connectivity index (χ0) is 15.0. The normalized spacial score (nSPS) is 26.0. The number of amides is 1. The Morgan fingerprint density at radius 3 is 2.60 bits per heavy atom. The van der Waals surface area contributed by atoms with E-state index in [1.165, 1.54) is 19.3 Å². The predicted molar refractivity (Wildman–Crippen MR) is 85.5 cm³/mol. The van der Waals surface area contributed by atoms with Gasteiger partial charge in [0.1, 0.15) is 0 Å². The minimum absolute atomic E-state index is 0.113. The molecule has 0 saturated heterocycles. The topological polar surface area (TPSA) is 55.1 Å². The maximum atomic E-state index is 12.4. The maximum Gasteiger partial charge on any atom is 0.223 e. The third-order valence-corrected chi connectivity index (χ3v) is 4.77. The number of hydrogen-bond acceptors (Lipinski definition) is 2. The van der Waals surface area contributed by atoms with Gasteiger partial charge in [0.15, 0.2) is 0 Å². The highest BCUT2D eigenvalue weighted by molar-refractivity contribution is 5.78. The largest absolute Gasteiger partial charge is 0.353 e. The van der Waals surface area contributed by atoms with E-state index < -0.39 is 0 Å². The number of carbonyl (C=O) groups is 1. The summed E-state index contributed by atoms with van der Waals surface area (Å²) in [6.45, 7) is 6.48. The highest BCUT2D eigenvalue weighted by Crippen LogP contribution is 2.29. The second-order valence-electron chi connectivity index (χ2n) is 6.61. The van der Waals surface area contributed by atoms with Crippen LogP contribution in [-0.4, -0.2) is 18.0 Å². The summed E-state index contributed by atoms with van der Waals surface area (Å²) in [7, 11) is 0. The predicted octanol–water partition coefficient (Wildman–Crippen LogP) is 3.62. The lowest BCUT2D eigenvalue weighted by molar-refractivity contribution is -0.127. The monoisotopic (exact) mass is 282 g/mol. The maximum absolute atomic E-state index is 12.4. The second-order valence-corrected chi connectivity index (χ2v) is 6.61. The second kappa shape index (κ2) is 9.38. The molecule has 3 N–H and O–H groups in total. The van der Waals surface area contributed by atoms with Crippen molar-refractivity contribution in [3.8, 4) is 0 Å². The lowest BCUT2D eigenvalue weighted by atomic mass is 9.78. The third kappa shape index (κ3) is 5.82. The molecule has 1 aliphatic carbocycles. The lowest BCUT2D eigenvalue weighted by Crippen LogP contribution is -2.42. The summed E-state index contributed by atoms with van der Waals surface area (Å²) < 4.78 is 0. The van der Waals surface area contributed by atoms with Gasteiger partial charge in [-0.3, -0.25) is 4.79 Å². The van der Waals surface area contributed by atoms with Gasteiger partial charge in [-0.25, -0.2) is 0 Å². The molecular formula is C17H34N2O. The van der Waals surface area contributed by atoms with Crippen LogP contribution < -0.4 is 11.1 Å². The van der Waals surface area contributed by atoms with Gasteiger partial charge in [-0.1, -0.05) is 46.5 Å². The van der Waals surface area contributed by atoms with Crippen LogP contribution in [0.2, 0.25) is 0 Å². The van der Waals surface area contributed by atoms with E-state index in [1.807, 2.05) is 0 Å². The van der Waals surface area contributed by atoms with Crippen molar-refractivity contribution in [1.29, 1.82) is 0 Å². The minimum atomic E-state index is 0.113. The first-order chi connectivity index (χ1) is 9.58. The Bertz CT molecular complexity index is 280. The molecule has 0 heterocycles. The van der Waals surface area contributed by atoms with Crippen molar-refractivity contribution in [2.75, 3.05) is 0 Å². The molecule has 3 nitrogen and oxygen atoms in total. The van der Waals surface area contributed by atoms with Crippen molar-refractivity contribution in [3.05, 3.63) is 0 Å². The number of nitrogens with one attached hydrogen (secondary N) is 1. The Morgan fingerprint density at radius 2 is 2.00 bits per heavy atom. The van der Waals surface area contributed by atoms with E-state index in [1.54, 1.807) is 0 Å². The summed E-state index contributed by atoms with van der Waals surface area (Å²) in [4.78, 5) is 12.4. The van der Waals surface area contributed by atoms with Crippen molar-refractivity contribution in [2.24, 2.45) is 17.6 Å². The van der Waals surface area contributed by atoms with Crippen molar-refractivity contribution in [3.63, 3.8) is 0 Å². The fourth-order valence-electron chi connectivity index (χ4n) is 3.36. The fourth-order valence-corrected chi connectivity index (χ4v) is 3.36. The molecule has 1 aliphatic rings. The molecule has 4 atom stereocenters. The average molecular weight is 282 g/mol.